The Kier molecular flexibility index (Phi) is 4.00. The summed E-state index contributed by atoms with van der Waals surface area (Å²) in [5.41, 5.74) is 1.64. The van der Waals surface area contributed by atoms with E-state index in [4.69, 9.17) is 11.6 Å². The molecule has 24 heavy (non-hydrogen) atoms. The molecule has 120 valence electrons. The summed E-state index contributed by atoms with van der Waals surface area (Å²) in [4.78, 5) is 23.4. The topological polar surface area (TPSA) is 45.8 Å². The van der Waals surface area contributed by atoms with E-state index in [-0.39, 0.29) is 5.56 Å². The summed E-state index contributed by atoms with van der Waals surface area (Å²) < 4.78 is 0. The van der Waals surface area contributed by atoms with Gasteiger partial charge in [0.15, 0.2) is 0 Å². The molecule has 0 unspecified atom stereocenters. The fourth-order valence-corrected chi connectivity index (χ4v) is 4.98. The van der Waals surface area contributed by atoms with Crippen molar-refractivity contribution in [3.63, 3.8) is 0 Å². The van der Waals surface area contributed by atoms with E-state index >= 15 is 0 Å². The molecule has 4 aromatic rings. The van der Waals surface area contributed by atoms with Crippen LogP contribution in [0.2, 0.25) is 5.02 Å². The lowest BCUT2D eigenvalue weighted by molar-refractivity contribution is 1.18. The summed E-state index contributed by atoms with van der Waals surface area (Å²) in [6.07, 6.45) is 0.870. The molecule has 0 spiro atoms. The Morgan fingerprint density at radius 1 is 1.21 bits per heavy atom. The summed E-state index contributed by atoms with van der Waals surface area (Å²) in [6, 6.07) is 11.5. The van der Waals surface area contributed by atoms with Crippen molar-refractivity contribution in [2.75, 3.05) is 0 Å². The molecule has 0 bridgehead atoms. The van der Waals surface area contributed by atoms with Gasteiger partial charge in [-0.15, -0.1) is 22.7 Å². The first-order valence-electron chi connectivity index (χ1n) is 7.53. The van der Waals surface area contributed by atoms with Gasteiger partial charge in [0.2, 0.25) is 0 Å². The quantitative estimate of drug-likeness (QED) is 0.509. The first-order valence-corrected chi connectivity index (χ1v) is 9.61. The van der Waals surface area contributed by atoms with Crippen molar-refractivity contribution in [3.8, 4) is 21.8 Å². The van der Waals surface area contributed by atoms with Crippen LogP contribution >= 0.6 is 34.3 Å². The lowest BCUT2D eigenvalue weighted by Crippen LogP contribution is -2.09. The van der Waals surface area contributed by atoms with Crippen molar-refractivity contribution in [2.45, 2.75) is 13.3 Å². The number of hydrogen-bond acceptors (Lipinski definition) is 4. The number of fused-ring (bicyclic) bond motifs is 1. The van der Waals surface area contributed by atoms with Gasteiger partial charge in [-0.2, -0.15) is 0 Å². The van der Waals surface area contributed by atoms with E-state index in [0.29, 0.717) is 16.2 Å². The van der Waals surface area contributed by atoms with E-state index in [1.807, 2.05) is 35.7 Å². The van der Waals surface area contributed by atoms with Crippen LogP contribution in [0.4, 0.5) is 0 Å². The maximum Gasteiger partial charge on any atom is 0.260 e. The molecule has 3 aromatic heterocycles. The Morgan fingerprint density at radius 3 is 2.75 bits per heavy atom. The molecular formula is C18H13ClN2OS2. The van der Waals surface area contributed by atoms with Gasteiger partial charge < -0.3 is 4.98 Å². The van der Waals surface area contributed by atoms with Crippen molar-refractivity contribution < 1.29 is 0 Å². The van der Waals surface area contributed by atoms with Gasteiger partial charge in [-0.3, -0.25) is 4.79 Å². The molecular weight excluding hydrogens is 360 g/mol. The number of H-pyrrole nitrogens is 1. The molecule has 1 aromatic carbocycles. The number of aromatic nitrogens is 2. The molecule has 0 aliphatic rings. The molecule has 1 N–H and O–H groups in total. The Balaban J connectivity index is 2.02. The zero-order chi connectivity index (χ0) is 16.7. The van der Waals surface area contributed by atoms with Crippen LogP contribution in [0.5, 0.6) is 0 Å². The van der Waals surface area contributed by atoms with Gasteiger partial charge in [-0.1, -0.05) is 36.7 Å². The number of thiophene rings is 2. The Morgan fingerprint density at radius 2 is 2.04 bits per heavy atom. The van der Waals surface area contributed by atoms with E-state index < -0.39 is 0 Å². The van der Waals surface area contributed by atoms with Crippen LogP contribution in [0.3, 0.4) is 0 Å². The van der Waals surface area contributed by atoms with Gasteiger partial charge in [0, 0.05) is 20.9 Å². The maximum absolute atomic E-state index is 12.8. The second kappa shape index (κ2) is 6.16. The molecule has 3 heterocycles. The number of nitrogens with one attached hydrogen (secondary N) is 1. The van der Waals surface area contributed by atoms with E-state index in [9.17, 15) is 4.79 Å². The van der Waals surface area contributed by atoms with Crippen molar-refractivity contribution >= 4 is 44.5 Å². The van der Waals surface area contributed by atoms with Gasteiger partial charge in [0.1, 0.15) is 10.7 Å². The Labute approximate surface area is 151 Å². The van der Waals surface area contributed by atoms with E-state index in [0.717, 1.165) is 27.3 Å². The Hall–Kier alpha value is -1.95. The minimum Gasteiger partial charge on any atom is -0.306 e. The van der Waals surface area contributed by atoms with Crippen LogP contribution in [-0.4, -0.2) is 9.97 Å². The van der Waals surface area contributed by atoms with Gasteiger partial charge in [-0.05, 0) is 30.0 Å². The SMILES string of the molecule is CCc1sc2nc(-c3ccccc3Cl)[nH]c(=O)c2c1-c1cccs1. The largest absolute Gasteiger partial charge is 0.306 e. The highest BCUT2D eigenvalue weighted by Crippen LogP contribution is 2.39. The first kappa shape index (κ1) is 15.6. The lowest BCUT2D eigenvalue weighted by Gasteiger charge is -2.03. The highest BCUT2D eigenvalue weighted by Gasteiger charge is 2.19. The lowest BCUT2D eigenvalue weighted by atomic mass is 10.1. The van der Waals surface area contributed by atoms with Crippen LogP contribution in [0, 0.1) is 0 Å². The summed E-state index contributed by atoms with van der Waals surface area (Å²) >= 11 is 9.48. The fourth-order valence-electron chi connectivity index (χ4n) is 2.77. The zero-order valence-electron chi connectivity index (χ0n) is 12.8. The number of aryl methyl sites for hydroxylation is 1. The number of rotatable bonds is 3. The Bertz CT molecular complexity index is 1080. The summed E-state index contributed by atoms with van der Waals surface area (Å²) in [5, 5.41) is 3.28. The number of benzene rings is 1. The van der Waals surface area contributed by atoms with Crippen LogP contribution in [0.15, 0.2) is 46.6 Å². The third kappa shape index (κ3) is 2.49. The number of halogens is 1. The van der Waals surface area contributed by atoms with Gasteiger partial charge in [0.25, 0.3) is 5.56 Å². The second-order valence-corrected chi connectivity index (χ2v) is 7.74. The highest BCUT2D eigenvalue weighted by molar-refractivity contribution is 7.20. The van der Waals surface area contributed by atoms with Crippen LogP contribution in [0.1, 0.15) is 11.8 Å². The summed E-state index contributed by atoms with van der Waals surface area (Å²) in [7, 11) is 0. The average molecular weight is 373 g/mol. The summed E-state index contributed by atoms with van der Waals surface area (Å²) in [5.74, 6) is 0.514. The zero-order valence-corrected chi connectivity index (χ0v) is 15.2. The number of nitrogens with zero attached hydrogens (tertiary/aromatic N) is 1. The molecule has 0 saturated heterocycles. The first-order chi connectivity index (χ1) is 11.7. The van der Waals surface area contributed by atoms with Crippen molar-refractivity contribution in [1.82, 2.24) is 9.97 Å². The third-order valence-electron chi connectivity index (χ3n) is 3.85. The molecule has 0 aliphatic carbocycles. The molecule has 0 saturated carbocycles. The van der Waals surface area contributed by atoms with Crippen molar-refractivity contribution in [3.05, 3.63) is 62.0 Å². The minimum atomic E-state index is -0.116. The summed E-state index contributed by atoms with van der Waals surface area (Å²) in [6.45, 7) is 2.10. The molecule has 3 nitrogen and oxygen atoms in total. The fraction of sp³-hybridized carbons (Fsp3) is 0.111. The van der Waals surface area contributed by atoms with E-state index in [1.54, 1.807) is 28.7 Å². The molecule has 4 rings (SSSR count). The smallest absolute Gasteiger partial charge is 0.260 e. The third-order valence-corrected chi connectivity index (χ3v) is 6.30. The molecule has 0 atom stereocenters. The van der Waals surface area contributed by atoms with E-state index in [2.05, 4.69) is 16.9 Å². The molecule has 0 aliphatic heterocycles. The molecule has 0 fully saturated rings. The monoisotopic (exact) mass is 372 g/mol. The minimum absolute atomic E-state index is 0.116. The van der Waals surface area contributed by atoms with Crippen LogP contribution < -0.4 is 5.56 Å². The number of aromatic amines is 1. The average Bonchev–Trinajstić information content (AvgIpc) is 3.21. The second-order valence-electron chi connectivity index (χ2n) is 5.31. The standard InChI is InChI=1S/C18H13ClN2OS2/c1-2-12-14(13-8-5-9-23-13)15-17(22)20-16(21-18(15)24-12)10-6-3-4-7-11(10)19/h3-9H,2H2,1H3,(H,20,21,22). The highest BCUT2D eigenvalue weighted by atomic mass is 35.5. The molecule has 6 heteroatoms. The normalized spacial score (nSPS) is 11.2. The van der Waals surface area contributed by atoms with Crippen molar-refractivity contribution in [2.24, 2.45) is 0 Å². The van der Waals surface area contributed by atoms with E-state index in [1.165, 1.54) is 4.88 Å². The predicted octanol–water partition coefficient (Wildman–Crippen LogP) is 5.60. The molecule has 0 amide bonds. The maximum atomic E-state index is 12.8. The van der Waals surface area contributed by atoms with Gasteiger partial charge in [-0.25, -0.2) is 4.98 Å². The van der Waals surface area contributed by atoms with Crippen LogP contribution in [0.25, 0.3) is 32.0 Å². The molecule has 0 radical (unpaired) electrons. The van der Waals surface area contributed by atoms with Gasteiger partial charge in [0.05, 0.1) is 10.4 Å². The van der Waals surface area contributed by atoms with Gasteiger partial charge >= 0.3 is 0 Å². The predicted molar refractivity (Wildman–Crippen MR) is 103 cm³/mol. The van der Waals surface area contributed by atoms with Crippen molar-refractivity contribution in [1.29, 1.82) is 0 Å². The number of hydrogen-bond donors (Lipinski definition) is 1. The van der Waals surface area contributed by atoms with Crippen LogP contribution in [-0.2, 0) is 6.42 Å².